The van der Waals surface area contributed by atoms with Crippen molar-refractivity contribution < 1.29 is 18.7 Å². The number of hydrogen-bond acceptors (Lipinski definition) is 5. The van der Waals surface area contributed by atoms with Gasteiger partial charge in [0.2, 0.25) is 0 Å². The molecule has 142 valence electrons. The second-order valence-electron chi connectivity index (χ2n) is 5.75. The molecule has 0 aliphatic rings. The van der Waals surface area contributed by atoms with Crippen LogP contribution in [0.3, 0.4) is 0 Å². The third-order valence-electron chi connectivity index (χ3n) is 3.69. The van der Waals surface area contributed by atoms with Gasteiger partial charge in [0, 0.05) is 17.6 Å². The fourth-order valence-electron chi connectivity index (χ4n) is 2.29. The zero-order chi connectivity index (χ0) is 19.8. The first-order valence-electron chi connectivity index (χ1n) is 8.48. The maximum absolute atomic E-state index is 12.9. The minimum absolute atomic E-state index is 0.221. The van der Waals surface area contributed by atoms with Crippen LogP contribution >= 0.6 is 11.8 Å². The normalized spacial score (nSPS) is 10.3. The number of halogens is 1. The van der Waals surface area contributed by atoms with Crippen LogP contribution in [-0.4, -0.2) is 23.5 Å². The second kappa shape index (κ2) is 9.66. The molecule has 7 heteroatoms. The number of rotatable bonds is 7. The summed E-state index contributed by atoms with van der Waals surface area (Å²) in [5, 5.41) is 3.13. The number of benzene rings is 2. The van der Waals surface area contributed by atoms with Crippen molar-refractivity contribution in [3.8, 4) is 0 Å². The maximum atomic E-state index is 12.9. The Morgan fingerprint density at radius 2 is 1.75 bits per heavy atom. The monoisotopic (exact) mass is 396 g/mol. The summed E-state index contributed by atoms with van der Waals surface area (Å²) in [4.78, 5) is 29.5. The molecule has 1 heterocycles. The number of aromatic nitrogens is 1. The van der Waals surface area contributed by atoms with Crippen molar-refractivity contribution in [3.05, 3.63) is 89.9 Å². The van der Waals surface area contributed by atoms with E-state index >= 15 is 0 Å². The molecule has 5 nitrogen and oxygen atoms in total. The molecule has 3 rings (SSSR count). The van der Waals surface area contributed by atoms with Gasteiger partial charge in [-0.2, -0.15) is 0 Å². The number of hydrogen-bond donors (Lipinski definition) is 1. The summed E-state index contributed by atoms with van der Waals surface area (Å²) in [6, 6.07) is 18.6. The predicted octanol–water partition coefficient (Wildman–Crippen LogP) is 3.85. The molecule has 0 bridgehead atoms. The smallest absolute Gasteiger partial charge is 0.341 e. The van der Waals surface area contributed by atoms with Gasteiger partial charge in [-0.05, 0) is 42.0 Å². The summed E-state index contributed by atoms with van der Waals surface area (Å²) < 4.78 is 18.0. The lowest BCUT2D eigenvalue weighted by molar-refractivity contribution is -0.124. The van der Waals surface area contributed by atoms with E-state index in [1.807, 2.05) is 30.3 Å². The number of pyridine rings is 1. The van der Waals surface area contributed by atoms with Gasteiger partial charge in [-0.1, -0.05) is 42.1 Å². The number of amides is 1. The first kappa shape index (κ1) is 19.6. The van der Waals surface area contributed by atoms with Gasteiger partial charge in [0.15, 0.2) is 6.61 Å². The predicted molar refractivity (Wildman–Crippen MR) is 103 cm³/mol. The minimum Gasteiger partial charge on any atom is -0.452 e. The van der Waals surface area contributed by atoms with E-state index in [4.69, 9.17) is 4.74 Å². The van der Waals surface area contributed by atoms with E-state index in [1.165, 1.54) is 23.9 Å². The highest BCUT2D eigenvalue weighted by Crippen LogP contribution is 2.28. The Hall–Kier alpha value is -3.19. The number of ether oxygens (including phenoxy) is 1. The fourth-order valence-corrected chi connectivity index (χ4v) is 3.18. The van der Waals surface area contributed by atoms with Gasteiger partial charge in [0.05, 0.1) is 5.56 Å². The molecular weight excluding hydrogens is 379 g/mol. The molecule has 28 heavy (non-hydrogen) atoms. The van der Waals surface area contributed by atoms with Crippen LogP contribution in [0, 0.1) is 5.82 Å². The maximum Gasteiger partial charge on any atom is 0.341 e. The molecule has 0 atom stereocenters. The van der Waals surface area contributed by atoms with Gasteiger partial charge in [0.25, 0.3) is 5.91 Å². The number of carbonyl (C=O) groups is 2. The molecule has 0 spiro atoms. The Morgan fingerprint density at radius 3 is 2.50 bits per heavy atom. The lowest BCUT2D eigenvalue weighted by atomic mass is 10.2. The number of esters is 1. The molecule has 3 aromatic rings. The first-order chi connectivity index (χ1) is 13.6. The van der Waals surface area contributed by atoms with Crippen LogP contribution in [-0.2, 0) is 16.1 Å². The molecule has 0 saturated heterocycles. The molecule has 1 aromatic heterocycles. The van der Waals surface area contributed by atoms with Crippen LogP contribution in [0.1, 0.15) is 15.9 Å². The molecule has 1 amide bonds. The average Bonchev–Trinajstić information content (AvgIpc) is 2.73. The second-order valence-corrected chi connectivity index (χ2v) is 6.81. The van der Waals surface area contributed by atoms with Crippen LogP contribution in [0.5, 0.6) is 0 Å². The lowest BCUT2D eigenvalue weighted by Crippen LogP contribution is -2.28. The van der Waals surface area contributed by atoms with Crippen molar-refractivity contribution in [3.63, 3.8) is 0 Å². The Balaban J connectivity index is 1.54. The zero-order valence-corrected chi connectivity index (χ0v) is 15.6. The Morgan fingerprint density at radius 1 is 1.00 bits per heavy atom. The van der Waals surface area contributed by atoms with Crippen molar-refractivity contribution in [2.45, 2.75) is 16.5 Å². The van der Waals surface area contributed by atoms with E-state index in [-0.39, 0.29) is 12.4 Å². The van der Waals surface area contributed by atoms with Gasteiger partial charge in [0.1, 0.15) is 10.8 Å². The first-order valence-corrected chi connectivity index (χ1v) is 9.29. The van der Waals surface area contributed by atoms with E-state index in [0.717, 1.165) is 10.5 Å². The largest absolute Gasteiger partial charge is 0.452 e. The topological polar surface area (TPSA) is 68.3 Å². The van der Waals surface area contributed by atoms with Gasteiger partial charge >= 0.3 is 5.97 Å². The van der Waals surface area contributed by atoms with E-state index in [2.05, 4.69) is 10.3 Å². The minimum atomic E-state index is -0.622. The number of nitrogens with one attached hydrogen (secondary N) is 1. The van der Waals surface area contributed by atoms with E-state index in [0.29, 0.717) is 10.6 Å². The third-order valence-corrected chi connectivity index (χ3v) is 4.71. The molecule has 1 N–H and O–H groups in total. The van der Waals surface area contributed by atoms with Crippen LogP contribution in [0.25, 0.3) is 0 Å². The molecule has 0 aliphatic heterocycles. The summed E-state index contributed by atoms with van der Waals surface area (Å²) in [5.41, 5.74) is 1.04. The fraction of sp³-hybridized carbons (Fsp3) is 0.0952. The highest BCUT2D eigenvalue weighted by molar-refractivity contribution is 7.99. The van der Waals surface area contributed by atoms with Crippen molar-refractivity contribution in [2.75, 3.05) is 6.61 Å². The molecular formula is C21H17FN2O3S. The van der Waals surface area contributed by atoms with Crippen molar-refractivity contribution in [2.24, 2.45) is 0 Å². The standard InChI is InChI=1S/C21H17FN2O3S/c22-16-10-8-15(9-11-16)13-24-19(25)14-27-21(26)18-7-4-12-23-20(18)28-17-5-2-1-3-6-17/h1-12H,13-14H2,(H,24,25). The van der Waals surface area contributed by atoms with Gasteiger partial charge in [-0.15, -0.1) is 0 Å². The van der Waals surface area contributed by atoms with Gasteiger partial charge < -0.3 is 10.1 Å². The van der Waals surface area contributed by atoms with Crippen LogP contribution in [0.4, 0.5) is 4.39 Å². The number of carbonyl (C=O) groups excluding carboxylic acids is 2. The summed E-state index contributed by atoms with van der Waals surface area (Å²) in [6.07, 6.45) is 1.59. The zero-order valence-electron chi connectivity index (χ0n) is 14.8. The Bertz CT molecular complexity index is 949. The summed E-state index contributed by atoms with van der Waals surface area (Å²) >= 11 is 1.34. The quantitative estimate of drug-likeness (QED) is 0.615. The molecule has 0 aliphatic carbocycles. The average molecular weight is 396 g/mol. The SMILES string of the molecule is O=C(COC(=O)c1cccnc1Sc1ccccc1)NCc1ccc(F)cc1. The summed E-state index contributed by atoms with van der Waals surface area (Å²) in [7, 11) is 0. The van der Waals surface area contributed by atoms with Crippen molar-refractivity contribution in [1.29, 1.82) is 0 Å². The number of nitrogens with zero attached hydrogens (tertiary/aromatic N) is 1. The van der Waals surface area contributed by atoms with Gasteiger partial charge in [-0.25, -0.2) is 14.2 Å². The summed E-state index contributed by atoms with van der Waals surface area (Å²) in [6.45, 7) is -0.191. The van der Waals surface area contributed by atoms with Crippen molar-refractivity contribution >= 4 is 23.6 Å². The van der Waals surface area contributed by atoms with E-state index in [1.54, 1.807) is 30.5 Å². The van der Waals surface area contributed by atoms with Crippen LogP contribution in [0.2, 0.25) is 0 Å². The van der Waals surface area contributed by atoms with Crippen LogP contribution in [0.15, 0.2) is 82.8 Å². The summed E-state index contributed by atoms with van der Waals surface area (Å²) in [5.74, 6) is -1.41. The van der Waals surface area contributed by atoms with Gasteiger partial charge in [-0.3, -0.25) is 4.79 Å². The third kappa shape index (κ3) is 5.65. The molecule has 0 radical (unpaired) electrons. The van der Waals surface area contributed by atoms with Crippen molar-refractivity contribution in [1.82, 2.24) is 10.3 Å². The molecule has 0 saturated carbocycles. The van der Waals surface area contributed by atoms with Crippen LogP contribution < -0.4 is 5.32 Å². The highest BCUT2D eigenvalue weighted by Gasteiger charge is 2.16. The Labute approximate surface area is 166 Å². The van der Waals surface area contributed by atoms with E-state index in [9.17, 15) is 14.0 Å². The molecule has 0 unspecified atom stereocenters. The Kier molecular flexibility index (Phi) is 6.75. The van der Waals surface area contributed by atoms with E-state index < -0.39 is 18.5 Å². The highest BCUT2D eigenvalue weighted by atomic mass is 32.2. The molecule has 2 aromatic carbocycles. The molecule has 0 fully saturated rings. The lowest BCUT2D eigenvalue weighted by Gasteiger charge is -2.09.